The molecule has 0 saturated heterocycles. The molecule has 3 aromatic rings. The zero-order chi connectivity index (χ0) is 20.6. The monoisotopic (exact) mass is 432 g/mol. The highest BCUT2D eigenvalue weighted by atomic mass is 32.2. The third-order valence-electron chi connectivity index (χ3n) is 3.92. The number of nitrogens with zero attached hydrogens (tertiary/aromatic N) is 2. The summed E-state index contributed by atoms with van der Waals surface area (Å²) in [7, 11) is 1.56. The van der Waals surface area contributed by atoms with Crippen LogP contribution in [-0.2, 0) is 10.5 Å². The van der Waals surface area contributed by atoms with E-state index in [0.29, 0.717) is 40.8 Å². The molecule has 1 aromatic carbocycles. The molecular formula is C19H20N4O4S2. The number of aromatic nitrogens is 2. The Kier molecular flexibility index (Phi) is 7.25. The summed E-state index contributed by atoms with van der Waals surface area (Å²) >= 11 is 2.78. The van der Waals surface area contributed by atoms with Gasteiger partial charge in [0.1, 0.15) is 5.75 Å². The van der Waals surface area contributed by atoms with E-state index in [1.807, 2.05) is 5.38 Å². The van der Waals surface area contributed by atoms with Crippen molar-refractivity contribution in [2.24, 2.45) is 0 Å². The topological polar surface area (TPSA) is 102 Å². The lowest BCUT2D eigenvalue weighted by atomic mass is 10.2. The normalized spacial score (nSPS) is 10.7. The quantitative estimate of drug-likeness (QED) is 0.498. The average Bonchev–Trinajstić information content (AvgIpc) is 3.20. The van der Waals surface area contributed by atoms with Gasteiger partial charge in [0.2, 0.25) is 5.91 Å². The molecule has 0 aliphatic carbocycles. The van der Waals surface area contributed by atoms with E-state index in [9.17, 15) is 14.4 Å². The van der Waals surface area contributed by atoms with Gasteiger partial charge >= 0.3 is 0 Å². The van der Waals surface area contributed by atoms with E-state index in [0.717, 1.165) is 0 Å². The van der Waals surface area contributed by atoms with Crippen molar-refractivity contribution in [1.29, 1.82) is 0 Å². The molecule has 3 rings (SSSR count). The molecule has 2 N–H and O–H groups in total. The van der Waals surface area contributed by atoms with Crippen LogP contribution in [0.1, 0.15) is 16.1 Å². The number of amides is 2. The van der Waals surface area contributed by atoms with E-state index in [1.54, 1.807) is 37.6 Å². The Morgan fingerprint density at radius 3 is 2.72 bits per heavy atom. The summed E-state index contributed by atoms with van der Waals surface area (Å²) in [5.74, 6) is 1.06. The van der Waals surface area contributed by atoms with Crippen LogP contribution in [0.25, 0.3) is 4.96 Å². The van der Waals surface area contributed by atoms with Crippen LogP contribution in [0.15, 0.2) is 46.7 Å². The number of hydrogen-bond acceptors (Lipinski definition) is 7. The van der Waals surface area contributed by atoms with Crippen molar-refractivity contribution in [3.63, 3.8) is 0 Å². The van der Waals surface area contributed by atoms with Crippen LogP contribution in [0.2, 0.25) is 0 Å². The molecule has 0 fully saturated rings. The number of nitrogens with one attached hydrogen (secondary N) is 2. The lowest BCUT2D eigenvalue weighted by molar-refractivity contribution is -0.118. The van der Waals surface area contributed by atoms with Gasteiger partial charge in [-0.1, -0.05) is 0 Å². The van der Waals surface area contributed by atoms with Crippen molar-refractivity contribution >= 4 is 39.9 Å². The molecule has 29 heavy (non-hydrogen) atoms. The van der Waals surface area contributed by atoms with Crippen molar-refractivity contribution in [2.75, 3.05) is 26.0 Å². The number of carbonyl (C=O) groups excluding carboxylic acids is 2. The molecule has 0 unspecified atom stereocenters. The van der Waals surface area contributed by atoms with Crippen molar-refractivity contribution in [1.82, 2.24) is 20.0 Å². The second kappa shape index (κ2) is 10.1. The molecule has 0 aliphatic rings. The molecule has 0 aliphatic heterocycles. The highest BCUT2D eigenvalue weighted by molar-refractivity contribution is 7.99. The van der Waals surface area contributed by atoms with Crippen LogP contribution in [0.4, 0.5) is 0 Å². The molecule has 2 heterocycles. The fourth-order valence-corrected chi connectivity index (χ4v) is 3.97. The van der Waals surface area contributed by atoms with E-state index in [-0.39, 0.29) is 23.1 Å². The largest absolute Gasteiger partial charge is 0.497 e. The molecule has 10 heteroatoms. The van der Waals surface area contributed by atoms with Gasteiger partial charge in [0.25, 0.3) is 11.5 Å². The summed E-state index contributed by atoms with van der Waals surface area (Å²) in [6, 6.07) is 8.27. The fourth-order valence-electron chi connectivity index (χ4n) is 2.48. The number of rotatable bonds is 9. The highest BCUT2D eigenvalue weighted by Gasteiger charge is 2.07. The first kappa shape index (κ1) is 20.9. The van der Waals surface area contributed by atoms with Gasteiger partial charge in [-0.05, 0) is 24.3 Å². The number of thiazole rings is 1. The third-order valence-corrected chi connectivity index (χ3v) is 5.65. The number of methoxy groups -OCH3 is 1. The zero-order valence-corrected chi connectivity index (χ0v) is 17.3. The first-order valence-electron chi connectivity index (χ1n) is 8.79. The second-order valence-electron chi connectivity index (χ2n) is 5.97. The molecule has 152 valence electrons. The Labute approximate surface area is 175 Å². The van der Waals surface area contributed by atoms with Crippen LogP contribution in [0, 0.1) is 0 Å². The lowest BCUT2D eigenvalue weighted by Crippen LogP contribution is -2.35. The molecule has 0 radical (unpaired) electrons. The minimum atomic E-state index is -0.211. The van der Waals surface area contributed by atoms with Gasteiger partial charge in [0, 0.05) is 42.0 Å². The summed E-state index contributed by atoms with van der Waals surface area (Å²) in [6.07, 6.45) is 1.69. The van der Waals surface area contributed by atoms with Crippen LogP contribution in [0.5, 0.6) is 5.75 Å². The van der Waals surface area contributed by atoms with Crippen LogP contribution < -0.4 is 20.9 Å². The Morgan fingerprint density at radius 1 is 1.21 bits per heavy atom. The number of carbonyl (C=O) groups is 2. The standard InChI is InChI=1S/C19H20N4O4S2/c1-27-15-4-2-13(3-5-15)18(26)21-7-6-20-16(24)12-28-11-14-10-17(25)23-8-9-29-19(23)22-14/h2-5,8-10H,6-7,11-12H2,1H3,(H,20,24)(H,21,26). The third kappa shape index (κ3) is 5.81. The van der Waals surface area contributed by atoms with Gasteiger partial charge in [0.15, 0.2) is 4.96 Å². The maximum atomic E-state index is 12.0. The second-order valence-corrected chi connectivity index (χ2v) is 7.83. The summed E-state index contributed by atoms with van der Waals surface area (Å²) in [4.78, 5) is 40.9. The molecule has 0 atom stereocenters. The smallest absolute Gasteiger partial charge is 0.258 e. The van der Waals surface area contributed by atoms with Crippen molar-refractivity contribution in [3.05, 3.63) is 63.5 Å². The van der Waals surface area contributed by atoms with E-state index >= 15 is 0 Å². The van der Waals surface area contributed by atoms with Crippen LogP contribution in [0.3, 0.4) is 0 Å². The lowest BCUT2D eigenvalue weighted by Gasteiger charge is -2.08. The molecule has 0 bridgehead atoms. The first-order chi connectivity index (χ1) is 14.1. The Bertz CT molecular complexity index is 1050. The first-order valence-corrected chi connectivity index (χ1v) is 10.8. The minimum Gasteiger partial charge on any atom is -0.497 e. The predicted molar refractivity (Wildman–Crippen MR) is 114 cm³/mol. The van der Waals surface area contributed by atoms with Gasteiger partial charge < -0.3 is 15.4 Å². The summed E-state index contributed by atoms with van der Waals surface area (Å²) in [5.41, 5.74) is 1.06. The number of ether oxygens (including phenoxy) is 1. The van der Waals surface area contributed by atoms with Gasteiger partial charge in [-0.15, -0.1) is 23.1 Å². The minimum absolute atomic E-state index is 0.121. The molecule has 0 saturated carbocycles. The van der Waals surface area contributed by atoms with E-state index < -0.39 is 0 Å². The van der Waals surface area contributed by atoms with Crippen LogP contribution >= 0.6 is 23.1 Å². The molecule has 2 amide bonds. The van der Waals surface area contributed by atoms with E-state index in [4.69, 9.17) is 4.74 Å². The summed E-state index contributed by atoms with van der Waals surface area (Å²) < 4.78 is 6.55. The molecule has 2 aromatic heterocycles. The zero-order valence-electron chi connectivity index (χ0n) is 15.7. The van der Waals surface area contributed by atoms with Crippen LogP contribution in [-0.4, -0.2) is 47.2 Å². The van der Waals surface area contributed by atoms with Gasteiger partial charge in [0.05, 0.1) is 18.6 Å². The average molecular weight is 433 g/mol. The van der Waals surface area contributed by atoms with Gasteiger partial charge in [-0.25, -0.2) is 4.98 Å². The number of hydrogen-bond donors (Lipinski definition) is 2. The number of thioether (sulfide) groups is 1. The van der Waals surface area contributed by atoms with Crippen molar-refractivity contribution in [3.8, 4) is 5.75 Å². The number of fused-ring (bicyclic) bond motifs is 1. The molecule has 8 nitrogen and oxygen atoms in total. The SMILES string of the molecule is COc1ccc(C(=O)NCCNC(=O)CSCc2cc(=O)n3ccsc3n2)cc1. The van der Waals surface area contributed by atoms with E-state index in [1.165, 1.54) is 33.6 Å². The molecule has 0 spiro atoms. The summed E-state index contributed by atoms with van der Waals surface area (Å²) in [6.45, 7) is 0.663. The van der Waals surface area contributed by atoms with Gasteiger partial charge in [-0.2, -0.15) is 0 Å². The van der Waals surface area contributed by atoms with Crippen molar-refractivity contribution < 1.29 is 14.3 Å². The highest BCUT2D eigenvalue weighted by Crippen LogP contribution is 2.12. The Morgan fingerprint density at radius 2 is 1.97 bits per heavy atom. The maximum Gasteiger partial charge on any atom is 0.258 e. The fraction of sp³-hybridized carbons (Fsp3) is 0.263. The predicted octanol–water partition coefficient (Wildman–Crippen LogP) is 1.54. The van der Waals surface area contributed by atoms with Crippen molar-refractivity contribution in [2.45, 2.75) is 5.75 Å². The Balaban J connectivity index is 1.34. The Hall–Kier alpha value is -2.85. The summed E-state index contributed by atoms with van der Waals surface area (Å²) in [5, 5.41) is 7.31. The molecular weight excluding hydrogens is 412 g/mol. The number of benzene rings is 1. The van der Waals surface area contributed by atoms with Gasteiger partial charge in [-0.3, -0.25) is 18.8 Å². The van der Waals surface area contributed by atoms with E-state index in [2.05, 4.69) is 15.6 Å². The maximum absolute atomic E-state index is 12.0.